The molecule has 0 amide bonds. The molecular weight excluding hydrogens is 420 g/mol. The van der Waals surface area contributed by atoms with Crippen LogP contribution in [0.1, 0.15) is 46.5 Å². The summed E-state index contributed by atoms with van der Waals surface area (Å²) in [4.78, 5) is 50.9. The van der Waals surface area contributed by atoms with E-state index in [1.807, 2.05) is 6.92 Å². The third-order valence-corrected chi connectivity index (χ3v) is 7.19. The van der Waals surface area contributed by atoms with Gasteiger partial charge >= 0.3 is 0 Å². The number of aldehydes is 1. The van der Waals surface area contributed by atoms with Gasteiger partial charge in [0.2, 0.25) is 0 Å². The minimum absolute atomic E-state index is 0.0428. The summed E-state index contributed by atoms with van der Waals surface area (Å²) in [6.07, 6.45) is 1.45. The van der Waals surface area contributed by atoms with Gasteiger partial charge in [0, 0.05) is 24.2 Å². The Morgan fingerprint density at radius 3 is 2.45 bits per heavy atom. The molecule has 0 radical (unpaired) electrons. The zero-order chi connectivity index (χ0) is 23.5. The predicted molar refractivity (Wildman–Crippen MR) is 118 cm³/mol. The smallest absolute Gasteiger partial charge is 0.178 e. The number of carbonyl (C=O) groups is 4. The number of Topliss-reactive ketones (excluding diaryl/α,β-unsaturated/α-hetero) is 3. The molecule has 31 heavy (non-hydrogen) atoms. The molecule has 0 aromatic carbocycles. The standard InChI is InChI=1S/C21H34N4O5S/c1-10-5-16(27)17(12(3)18(28)11(10)2)19(29)14-6-13(7-21(30,8-14)23-4)15(9-26)24-25-20(22)31/h9-15,17,23-24,30H,5-8H2,1-4H3,(H3,22,25,31). The van der Waals surface area contributed by atoms with Crippen molar-refractivity contribution in [3.63, 3.8) is 0 Å². The molecule has 2 aliphatic carbocycles. The second-order valence-corrected chi connectivity index (χ2v) is 9.63. The Labute approximate surface area is 188 Å². The fraction of sp³-hybridized carbons (Fsp3) is 0.762. The quantitative estimate of drug-likeness (QED) is 0.0877. The third kappa shape index (κ3) is 5.74. The number of ketones is 3. The van der Waals surface area contributed by atoms with Crippen LogP contribution < -0.4 is 21.9 Å². The zero-order valence-electron chi connectivity index (χ0n) is 18.5. The van der Waals surface area contributed by atoms with Crippen LogP contribution in [0.3, 0.4) is 0 Å². The van der Waals surface area contributed by atoms with Crippen LogP contribution >= 0.6 is 12.2 Å². The van der Waals surface area contributed by atoms with E-state index in [9.17, 15) is 24.3 Å². The second kappa shape index (κ2) is 10.2. The molecule has 2 fully saturated rings. The number of hydrogen-bond donors (Lipinski definition) is 5. The fourth-order valence-corrected chi connectivity index (χ4v) is 5.05. The summed E-state index contributed by atoms with van der Waals surface area (Å²) < 4.78 is 0. The number of nitrogens with two attached hydrogens (primary N) is 1. The third-order valence-electron chi connectivity index (χ3n) is 7.08. The number of aliphatic hydroxyl groups is 1. The van der Waals surface area contributed by atoms with Crippen molar-refractivity contribution in [1.29, 1.82) is 0 Å². The van der Waals surface area contributed by atoms with Crippen molar-refractivity contribution in [3.05, 3.63) is 0 Å². The fourth-order valence-electron chi connectivity index (χ4n) is 4.99. The molecule has 2 rings (SSSR count). The lowest BCUT2D eigenvalue weighted by molar-refractivity contribution is -0.146. The second-order valence-electron chi connectivity index (χ2n) is 9.19. The van der Waals surface area contributed by atoms with Gasteiger partial charge in [0.05, 0.1) is 12.0 Å². The van der Waals surface area contributed by atoms with E-state index in [0.29, 0.717) is 6.29 Å². The Morgan fingerprint density at radius 1 is 1.26 bits per heavy atom. The highest BCUT2D eigenvalue weighted by Crippen LogP contribution is 2.40. The lowest BCUT2D eigenvalue weighted by Crippen LogP contribution is -2.57. The Morgan fingerprint density at radius 2 is 1.90 bits per heavy atom. The predicted octanol–water partition coefficient (Wildman–Crippen LogP) is -0.148. The van der Waals surface area contributed by atoms with E-state index in [1.54, 1.807) is 20.9 Å². The van der Waals surface area contributed by atoms with Crippen molar-refractivity contribution in [3.8, 4) is 0 Å². The Kier molecular flexibility index (Phi) is 8.43. The van der Waals surface area contributed by atoms with Gasteiger partial charge in [0.1, 0.15) is 29.4 Å². The molecule has 2 aliphatic rings. The van der Waals surface area contributed by atoms with Gasteiger partial charge in [-0.25, -0.2) is 5.43 Å². The molecule has 0 heterocycles. The van der Waals surface area contributed by atoms with E-state index in [2.05, 4.69) is 16.2 Å². The maximum absolute atomic E-state index is 13.5. The number of thiocarbonyl (C=S) groups is 1. The van der Waals surface area contributed by atoms with Crippen molar-refractivity contribution in [2.75, 3.05) is 7.05 Å². The average molecular weight is 455 g/mol. The van der Waals surface area contributed by atoms with E-state index in [4.69, 9.17) is 18.0 Å². The highest BCUT2D eigenvalue weighted by atomic mass is 32.1. The van der Waals surface area contributed by atoms with Crippen LogP contribution in [-0.2, 0) is 19.2 Å². The first-order valence-corrected chi connectivity index (χ1v) is 11.1. The molecule has 9 nitrogen and oxygen atoms in total. The van der Waals surface area contributed by atoms with Gasteiger partial charge in [0.25, 0.3) is 0 Å². The van der Waals surface area contributed by atoms with Gasteiger partial charge in [-0.1, -0.05) is 20.8 Å². The Balaban J connectivity index is 2.30. The number of carbonyl (C=O) groups excluding carboxylic acids is 4. The highest BCUT2D eigenvalue weighted by Gasteiger charge is 2.49. The molecule has 10 heteroatoms. The summed E-state index contributed by atoms with van der Waals surface area (Å²) in [6, 6.07) is -0.763. The van der Waals surface area contributed by atoms with Crippen molar-refractivity contribution in [2.24, 2.45) is 41.2 Å². The molecule has 0 aromatic rings. The summed E-state index contributed by atoms with van der Waals surface area (Å²) in [5, 5.41) is 13.8. The minimum Gasteiger partial charge on any atom is -0.376 e. The van der Waals surface area contributed by atoms with E-state index >= 15 is 0 Å². The summed E-state index contributed by atoms with van der Waals surface area (Å²) in [7, 11) is 1.58. The normalized spacial score (nSPS) is 37.6. The van der Waals surface area contributed by atoms with Gasteiger partial charge in [-0.15, -0.1) is 0 Å². The van der Waals surface area contributed by atoms with Gasteiger partial charge in [-0.2, -0.15) is 0 Å². The van der Waals surface area contributed by atoms with Crippen molar-refractivity contribution < 1.29 is 24.3 Å². The lowest BCUT2D eigenvalue weighted by atomic mass is 9.68. The Hall–Kier alpha value is -1.75. The number of nitrogens with one attached hydrogen (secondary N) is 3. The lowest BCUT2D eigenvalue weighted by Gasteiger charge is -2.43. The maximum Gasteiger partial charge on any atom is 0.178 e. The van der Waals surface area contributed by atoms with Gasteiger partial charge in [-0.3, -0.25) is 25.1 Å². The van der Waals surface area contributed by atoms with Crippen molar-refractivity contribution in [2.45, 2.75) is 58.2 Å². The topological polar surface area (TPSA) is 151 Å². The van der Waals surface area contributed by atoms with Crippen LogP contribution in [0.2, 0.25) is 0 Å². The average Bonchev–Trinajstić information content (AvgIpc) is 2.78. The zero-order valence-corrected chi connectivity index (χ0v) is 19.3. The number of rotatable bonds is 7. The molecule has 8 atom stereocenters. The molecule has 0 aromatic heterocycles. The monoisotopic (exact) mass is 454 g/mol. The first-order valence-electron chi connectivity index (χ1n) is 10.7. The molecule has 0 aliphatic heterocycles. The molecule has 8 unspecified atom stereocenters. The largest absolute Gasteiger partial charge is 0.376 e. The minimum atomic E-state index is -1.39. The molecular formula is C21H34N4O5S. The van der Waals surface area contributed by atoms with Crippen molar-refractivity contribution in [1.82, 2.24) is 16.2 Å². The van der Waals surface area contributed by atoms with Crippen LogP contribution in [0.25, 0.3) is 0 Å². The molecule has 6 N–H and O–H groups in total. The van der Waals surface area contributed by atoms with Gasteiger partial charge in [0.15, 0.2) is 5.11 Å². The highest BCUT2D eigenvalue weighted by molar-refractivity contribution is 7.80. The first kappa shape index (κ1) is 25.5. The van der Waals surface area contributed by atoms with Crippen molar-refractivity contribution >= 4 is 41.0 Å². The van der Waals surface area contributed by atoms with E-state index in [-0.39, 0.29) is 60.0 Å². The number of hydrogen-bond acceptors (Lipinski definition) is 8. The SMILES string of the molecule is CNC1(O)CC(C(=O)C2C(=O)CC(C)C(C)C(=O)C2C)CC(C(C=O)NNC(N)=S)C1. The maximum atomic E-state index is 13.5. The van der Waals surface area contributed by atoms with Gasteiger partial charge in [-0.05, 0) is 50.4 Å². The van der Waals surface area contributed by atoms with Gasteiger partial charge < -0.3 is 15.6 Å². The van der Waals surface area contributed by atoms with E-state index in [0.717, 1.165) is 0 Å². The van der Waals surface area contributed by atoms with E-state index < -0.39 is 35.4 Å². The first-order chi connectivity index (χ1) is 14.4. The van der Waals surface area contributed by atoms with Crippen LogP contribution in [0.5, 0.6) is 0 Å². The summed E-state index contributed by atoms with van der Waals surface area (Å²) in [6.45, 7) is 5.30. The van der Waals surface area contributed by atoms with Crippen LogP contribution in [0.15, 0.2) is 0 Å². The van der Waals surface area contributed by atoms with Crippen LogP contribution in [0, 0.1) is 35.5 Å². The molecule has 174 valence electrons. The summed E-state index contributed by atoms with van der Waals surface area (Å²) in [5.41, 5.74) is 9.28. The summed E-state index contributed by atoms with van der Waals surface area (Å²) in [5.74, 6) is -3.90. The molecule has 0 saturated heterocycles. The molecule has 2 saturated carbocycles. The molecule has 0 bridgehead atoms. The van der Waals surface area contributed by atoms with Crippen LogP contribution in [0.4, 0.5) is 0 Å². The number of hydrazine groups is 1. The van der Waals surface area contributed by atoms with Crippen LogP contribution in [-0.4, -0.2) is 52.7 Å². The Bertz CT molecular complexity index is 747. The molecule has 0 spiro atoms. The van der Waals surface area contributed by atoms with E-state index in [1.165, 1.54) is 0 Å². The summed E-state index contributed by atoms with van der Waals surface area (Å²) >= 11 is 4.75.